The fraction of sp³-hybridized carbons (Fsp3) is 0.600. The molecule has 2 heteroatoms. The first kappa shape index (κ1) is 7.64. The molecule has 1 aliphatic heterocycles. The third-order valence-corrected chi connectivity index (χ3v) is 0.782. The van der Waals surface area contributed by atoms with Crippen LogP contribution in [0.5, 0.6) is 0 Å². The second-order valence-corrected chi connectivity index (χ2v) is 1.57. The van der Waals surface area contributed by atoms with E-state index in [0.717, 1.165) is 6.61 Å². The molecule has 0 amide bonds. The molecule has 0 saturated carbocycles. The van der Waals surface area contributed by atoms with Crippen molar-refractivity contribution in [2.75, 3.05) is 6.61 Å². The summed E-state index contributed by atoms with van der Waals surface area (Å²) in [5.74, 6) is 0.588. The summed E-state index contributed by atoms with van der Waals surface area (Å²) in [6, 6.07) is 0. The zero-order valence-electron chi connectivity index (χ0n) is 4.35. The van der Waals surface area contributed by atoms with Gasteiger partial charge in [-0.2, -0.15) is 0 Å². The fourth-order valence-corrected chi connectivity index (χ4v) is 0.392. The Labute approximate surface area is 69.0 Å². The first-order valence-corrected chi connectivity index (χ1v) is 2.10. The van der Waals surface area contributed by atoms with Gasteiger partial charge in [0.25, 0.3) is 0 Å². The van der Waals surface area contributed by atoms with Gasteiger partial charge >= 0.3 is 0 Å². The van der Waals surface area contributed by atoms with E-state index in [0.29, 0.717) is 5.92 Å². The van der Waals surface area contributed by atoms with Crippen LogP contribution in [0.3, 0.4) is 0 Å². The van der Waals surface area contributed by atoms with Gasteiger partial charge in [-0.05, 0) is 5.92 Å². The fourth-order valence-electron chi connectivity index (χ4n) is 0.392. The number of ether oxygens (including phenoxy) is 1. The van der Waals surface area contributed by atoms with Gasteiger partial charge in [-0.25, -0.2) is 6.08 Å². The number of rotatable bonds is 0. The van der Waals surface area contributed by atoms with Crippen LogP contribution in [0.2, 0.25) is 0 Å². The Morgan fingerprint density at radius 3 is 2.71 bits per heavy atom. The Kier molecular flexibility index (Phi) is 3.96. The van der Waals surface area contributed by atoms with Crippen LogP contribution in [-0.4, -0.2) is 6.61 Å². The summed E-state index contributed by atoms with van der Waals surface area (Å²) in [4.78, 5) is 0. The second kappa shape index (κ2) is 3.62. The summed E-state index contributed by atoms with van der Waals surface area (Å²) in [7, 11) is 0. The molecule has 0 N–H and O–H groups in total. The van der Waals surface area contributed by atoms with Crippen molar-refractivity contribution in [2.45, 2.75) is 6.92 Å². The molecule has 0 aromatic heterocycles. The van der Waals surface area contributed by atoms with Crippen LogP contribution in [0.25, 0.3) is 0 Å². The van der Waals surface area contributed by atoms with E-state index in [2.05, 4.69) is 13.2 Å². The van der Waals surface area contributed by atoms with Crippen LogP contribution in [0, 0.1) is 12.2 Å². The smallest absolute Gasteiger partial charge is 0.0489 e. The normalized spacial score (nSPS) is 26.1. The van der Waals surface area contributed by atoms with Crippen molar-refractivity contribution in [1.82, 2.24) is 0 Å². The average molecular weight is 172 g/mol. The molecule has 7 heavy (non-hydrogen) atoms. The van der Waals surface area contributed by atoms with E-state index in [1.54, 1.807) is 0 Å². The predicted octanol–water partition coefficient (Wildman–Crippen LogP) is 0.967. The van der Waals surface area contributed by atoms with Gasteiger partial charge in [-0.3, -0.25) is 0 Å². The summed E-state index contributed by atoms with van der Waals surface area (Å²) < 4.78 is 4.75. The molecule has 0 spiro atoms. The average Bonchev–Trinajstić information content (AvgIpc) is 1.86. The van der Waals surface area contributed by atoms with Gasteiger partial charge in [-0.15, -0.1) is 0 Å². The Morgan fingerprint density at radius 1 is 1.86 bits per heavy atom. The topological polar surface area (TPSA) is 9.23 Å². The SMILES string of the molecule is CC1C=[C-]OC1.[Y]. The first-order valence-electron chi connectivity index (χ1n) is 2.10. The van der Waals surface area contributed by atoms with Gasteiger partial charge in [0.05, 0.1) is 0 Å². The van der Waals surface area contributed by atoms with E-state index >= 15 is 0 Å². The van der Waals surface area contributed by atoms with E-state index in [1.165, 1.54) is 0 Å². The van der Waals surface area contributed by atoms with E-state index in [-0.39, 0.29) is 32.7 Å². The minimum Gasteiger partial charge on any atom is -0.693 e. The van der Waals surface area contributed by atoms with Crippen molar-refractivity contribution < 1.29 is 37.4 Å². The number of hydrogen-bond donors (Lipinski definition) is 0. The van der Waals surface area contributed by atoms with Crippen molar-refractivity contribution in [3.63, 3.8) is 0 Å². The summed E-state index contributed by atoms with van der Waals surface area (Å²) in [6.07, 6.45) is 4.58. The van der Waals surface area contributed by atoms with Crippen molar-refractivity contribution in [2.24, 2.45) is 5.92 Å². The third kappa shape index (κ3) is 2.45. The maximum absolute atomic E-state index is 4.75. The van der Waals surface area contributed by atoms with E-state index in [4.69, 9.17) is 4.74 Å². The molecule has 0 aromatic rings. The van der Waals surface area contributed by atoms with Gasteiger partial charge in [0.15, 0.2) is 0 Å². The zero-order chi connectivity index (χ0) is 4.41. The summed E-state index contributed by atoms with van der Waals surface area (Å²) in [5, 5.41) is 0. The molecular weight excluding hydrogens is 165 g/mol. The maximum atomic E-state index is 4.75. The molecule has 1 radical (unpaired) electrons. The molecule has 1 heterocycles. The largest absolute Gasteiger partial charge is 0.693 e. The molecular formula is C5H7OY-. The van der Waals surface area contributed by atoms with Gasteiger partial charge < -0.3 is 11.0 Å². The monoisotopic (exact) mass is 172 g/mol. The van der Waals surface area contributed by atoms with Crippen LogP contribution in [0.15, 0.2) is 6.08 Å². The van der Waals surface area contributed by atoms with Crippen molar-refractivity contribution in [3.05, 3.63) is 12.3 Å². The third-order valence-electron chi connectivity index (χ3n) is 0.782. The van der Waals surface area contributed by atoms with Crippen LogP contribution in [0.4, 0.5) is 0 Å². The van der Waals surface area contributed by atoms with Crippen molar-refractivity contribution in [1.29, 1.82) is 0 Å². The van der Waals surface area contributed by atoms with Crippen molar-refractivity contribution in [3.8, 4) is 0 Å². The maximum Gasteiger partial charge on any atom is 0.0489 e. The van der Waals surface area contributed by atoms with E-state index in [9.17, 15) is 0 Å². The molecule has 0 aromatic carbocycles. The van der Waals surface area contributed by atoms with Crippen LogP contribution in [-0.2, 0) is 37.4 Å². The molecule has 0 aliphatic carbocycles. The molecule has 0 bridgehead atoms. The molecule has 1 atom stereocenters. The van der Waals surface area contributed by atoms with Crippen LogP contribution >= 0.6 is 0 Å². The van der Waals surface area contributed by atoms with Gasteiger partial charge in [0.1, 0.15) is 0 Å². The summed E-state index contributed by atoms with van der Waals surface area (Å²) in [5.41, 5.74) is 0. The second-order valence-electron chi connectivity index (χ2n) is 1.57. The van der Waals surface area contributed by atoms with Crippen molar-refractivity contribution >= 4 is 0 Å². The van der Waals surface area contributed by atoms with Crippen LogP contribution < -0.4 is 0 Å². The van der Waals surface area contributed by atoms with E-state index < -0.39 is 0 Å². The quantitative estimate of drug-likeness (QED) is 0.494. The molecule has 0 fully saturated rings. The number of hydrogen-bond acceptors (Lipinski definition) is 1. The molecule has 1 nitrogen and oxygen atoms in total. The Bertz CT molecular complexity index is 70.5. The Balaban J connectivity index is 0.000000360. The molecule has 0 saturated heterocycles. The molecule has 1 aliphatic rings. The van der Waals surface area contributed by atoms with Gasteiger partial charge in [0.2, 0.25) is 0 Å². The summed E-state index contributed by atoms with van der Waals surface area (Å²) in [6.45, 7) is 2.92. The molecule has 1 unspecified atom stereocenters. The van der Waals surface area contributed by atoms with Crippen LogP contribution in [0.1, 0.15) is 6.92 Å². The standard InChI is InChI=1S/C5H7O.Y/c1-5-2-3-6-4-5;/h2,5H,4H2,1H3;/q-1;. The zero-order valence-corrected chi connectivity index (χ0v) is 7.19. The van der Waals surface area contributed by atoms with Gasteiger partial charge in [-0.1, -0.05) is 6.92 Å². The van der Waals surface area contributed by atoms with E-state index in [1.807, 2.05) is 6.08 Å². The molecule has 37 valence electrons. The predicted molar refractivity (Wildman–Crippen MR) is 22.9 cm³/mol. The minimum absolute atomic E-state index is 0. The Morgan fingerprint density at radius 2 is 2.57 bits per heavy atom. The minimum atomic E-state index is 0. The van der Waals surface area contributed by atoms with Gasteiger partial charge in [0, 0.05) is 39.3 Å². The first-order chi connectivity index (χ1) is 2.89. The summed E-state index contributed by atoms with van der Waals surface area (Å²) >= 11 is 0. The molecule has 1 rings (SSSR count). The Hall–Kier alpha value is 0.644.